The minimum Gasteiger partial charge on any atom is -0.340 e. The second-order valence-electron chi connectivity index (χ2n) is 2.90. The third-order valence-electron chi connectivity index (χ3n) is 1.95. The van der Waals surface area contributed by atoms with Crippen LogP contribution >= 0.6 is 12.6 Å². The van der Waals surface area contributed by atoms with Crippen LogP contribution in [-0.2, 0) is 4.79 Å². The first-order valence-electron chi connectivity index (χ1n) is 3.88. The van der Waals surface area contributed by atoms with E-state index in [1.807, 2.05) is 0 Å². The number of rotatable bonds is 1. The number of nitrogens with two attached hydrogens (primary N) is 1. The lowest BCUT2D eigenvalue weighted by Crippen LogP contribution is -2.46. The highest BCUT2D eigenvalue weighted by atomic mass is 32.1. The first kappa shape index (κ1) is 8.87. The van der Waals surface area contributed by atoms with E-state index in [1.165, 1.54) is 0 Å². The number of carbonyl (C=O) groups excluding carboxylic acids is 1. The summed E-state index contributed by atoms with van der Waals surface area (Å²) in [5.74, 6) is 0.399. The van der Waals surface area contributed by atoms with Gasteiger partial charge in [-0.1, -0.05) is 0 Å². The average molecular weight is 174 g/mol. The van der Waals surface area contributed by atoms with Crippen LogP contribution in [0.15, 0.2) is 0 Å². The van der Waals surface area contributed by atoms with Gasteiger partial charge in [0.25, 0.3) is 0 Å². The first-order chi connectivity index (χ1) is 5.24. The molecule has 0 aliphatic carbocycles. The third-order valence-corrected chi connectivity index (χ3v) is 2.22. The Morgan fingerprint density at radius 3 is 3.00 bits per heavy atom. The smallest absolute Gasteiger partial charge is 0.232 e. The van der Waals surface area contributed by atoms with Gasteiger partial charge in [-0.25, -0.2) is 0 Å². The van der Waals surface area contributed by atoms with Crippen molar-refractivity contribution in [2.24, 2.45) is 5.73 Å². The highest BCUT2D eigenvalue weighted by molar-refractivity contribution is 7.81. The summed E-state index contributed by atoms with van der Waals surface area (Å²) in [4.78, 5) is 12.9. The number of hydrogen-bond donors (Lipinski definition) is 2. The van der Waals surface area contributed by atoms with Gasteiger partial charge >= 0.3 is 0 Å². The number of carbonyl (C=O) groups is 1. The number of hydrogen-bond acceptors (Lipinski definition) is 3. The molecule has 1 atom stereocenters. The maximum Gasteiger partial charge on any atom is 0.232 e. The predicted molar refractivity (Wildman–Crippen MR) is 47.6 cm³/mol. The molecule has 64 valence electrons. The molecule has 2 N–H and O–H groups in total. The predicted octanol–water partition coefficient (Wildman–Crippen LogP) is -0.134. The van der Waals surface area contributed by atoms with Gasteiger partial charge in [-0.2, -0.15) is 12.6 Å². The topological polar surface area (TPSA) is 46.3 Å². The Bertz CT molecular complexity index is 151. The van der Waals surface area contributed by atoms with Crippen LogP contribution in [0.2, 0.25) is 0 Å². The van der Waals surface area contributed by atoms with Crippen molar-refractivity contribution in [3.63, 3.8) is 0 Å². The molecule has 1 heterocycles. The molecule has 0 radical (unpaired) electrons. The molecule has 1 aliphatic heterocycles. The fourth-order valence-corrected chi connectivity index (χ4v) is 1.54. The number of thiol groups is 1. The van der Waals surface area contributed by atoms with Crippen LogP contribution in [0.5, 0.6) is 0 Å². The molecule has 3 nitrogen and oxygen atoms in total. The molecule has 1 unspecified atom stereocenters. The molecule has 0 bridgehead atoms. The molecule has 0 saturated carbocycles. The highest BCUT2D eigenvalue weighted by Gasteiger charge is 2.19. The molecule has 1 aliphatic rings. The first-order valence-corrected chi connectivity index (χ1v) is 4.51. The van der Waals surface area contributed by atoms with Crippen LogP contribution in [0.25, 0.3) is 0 Å². The number of piperidine rings is 1. The summed E-state index contributed by atoms with van der Waals surface area (Å²) >= 11 is 3.92. The lowest BCUT2D eigenvalue weighted by Gasteiger charge is -2.30. The van der Waals surface area contributed by atoms with Crippen molar-refractivity contribution in [3.8, 4) is 0 Å². The van der Waals surface area contributed by atoms with Crippen molar-refractivity contribution in [1.29, 1.82) is 0 Å². The molecule has 0 aromatic carbocycles. The Labute approximate surface area is 72.3 Å². The zero-order valence-corrected chi connectivity index (χ0v) is 7.39. The zero-order valence-electron chi connectivity index (χ0n) is 6.49. The normalized spacial score (nSPS) is 25.3. The number of amides is 1. The van der Waals surface area contributed by atoms with Crippen LogP contribution in [0, 0.1) is 0 Å². The van der Waals surface area contributed by atoms with Gasteiger partial charge in [0.1, 0.15) is 0 Å². The Morgan fingerprint density at radius 1 is 1.73 bits per heavy atom. The summed E-state index contributed by atoms with van der Waals surface area (Å²) in [6.45, 7) is 1.56. The van der Waals surface area contributed by atoms with E-state index in [2.05, 4.69) is 12.6 Å². The van der Waals surface area contributed by atoms with Crippen molar-refractivity contribution < 1.29 is 4.79 Å². The molecule has 1 amide bonds. The van der Waals surface area contributed by atoms with Crippen LogP contribution in [-0.4, -0.2) is 35.7 Å². The van der Waals surface area contributed by atoms with Crippen molar-refractivity contribution >= 4 is 18.5 Å². The molecule has 4 heteroatoms. The van der Waals surface area contributed by atoms with Crippen LogP contribution in [0.1, 0.15) is 12.8 Å². The van der Waals surface area contributed by atoms with Gasteiger partial charge in [0.15, 0.2) is 0 Å². The number of likely N-dealkylation sites (tertiary alicyclic amines) is 1. The van der Waals surface area contributed by atoms with Gasteiger partial charge in [-0.3, -0.25) is 4.79 Å². The van der Waals surface area contributed by atoms with Crippen LogP contribution < -0.4 is 5.73 Å². The Balaban J connectivity index is 2.39. The quantitative estimate of drug-likeness (QED) is 0.544. The summed E-state index contributed by atoms with van der Waals surface area (Å²) in [7, 11) is 0. The van der Waals surface area contributed by atoms with Gasteiger partial charge in [-0.15, -0.1) is 0 Å². The van der Waals surface area contributed by atoms with Gasteiger partial charge in [0.05, 0.1) is 5.75 Å². The summed E-state index contributed by atoms with van der Waals surface area (Å²) in [5, 5.41) is 0. The van der Waals surface area contributed by atoms with Gasteiger partial charge in [0.2, 0.25) is 5.91 Å². The molecular formula is C7H14N2OS. The zero-order chi connectivity index (χ0) is 8.27. The Hall–Kier alpha value is -0.220. The largest absolute Gasteiger partial charge is 0.340 e. The molecule has 0 aromatic rings. The van der Waals surface area contributed by atoms with E-state index in [0.29, 0.717) is 12.3 Å². The number of nitrogens with zero attached hydrogens (tertiary/aromatic N) is 1. The average Bonchev–Trinajstić information content (AvgIpc) is 2.03. The molecule has 0 spiro atoms. The minimum atomic E-state index is 0.100. The molecule has 1 fully saturated rings. The van der Waals surface area contributed by atoms with Crippen LogP contribution in [0.3, 0.4) is 0 Å². The van der Waals surface area contributed by atoms with E-state index in [4.69, 9.17) is 5.73 Å². The van der Waals surface area contributed by atoms with Crippen LogP contribution in [0.4, 0.5) is 0 Å². The Morgan fingerprint density at radius 2 is 2.45 bits per heavy atom. The molecule has 1 rings (SSSR count). The summed E-state index contributed by atoms with van der Waals surface area (Å²) in [5.41, 5.74) is 5.70. The second kappa shape index (κ2) is 3.97. The highest BCUT2D eigenvalue weighted by Crippen LogP contribution is 2.08. The second-order valence-corrected chi connectivity index (χ2v) is 3.22. The lowest BCUT2D eigenvalue weighted by atomic mass is 10.1. The molecular weight excluding hydrogens is 160 g/mol. The van der Waals surface area contributed by atoms with E-state index in [9.17, 15) is 4.79 Å². The molecule has 0 aromatic heterocycles. The van der Waals surface area contributed by atoms with Gasteiger partial charge in [0, 0.05) is 19.1 Å². The fourth-order valence-electron chi connectivity index (χ4n) is 1.34. The summed E-state index contributed by atoms with van der Waals surface area (Å²) in [6.07, 6.45) is 2.07. The van der Waals surface area contributed by atoms with E-state index >= 15 is 0 Å². The standard InChI is InChI=1S/C7H14N2OS/c8-6-2-1-3-9(4-6)7(10)5-11/h6,11H,1-5,8H2. The van der Waals surface area contributed by atoms with E-state index in [0.717, 1.165) is 19.4 Å². The monoisotopic (exact) mass is 174 g/mol. The van der Waals surface area contributed by atoms with Gasteiger partial charge < -0.3 is 10.6 Å². The van der Waals surface area contributed by atoms with Crippen molar-refractivity contribution in [2.45, 2.75) is 18.9 Å². The maximum absolute atomic E-state index is 11.1. The molecule has 1 saturated heterocycles. The lowest BCUT2D eigenvalue weighted by molar-refractivity contribution is -0.129. The molecule has 11 heavy (non-hydrogen) atoms. The maximum atomic E-state index is 11.1. The van der Waals surface area contributed by atoms with E-state index in [1.54, 1.807) is 4.90 Å². The van der Waals surface area contributed by atoms with Crippen molar-refractivity contribution in [1.82, 2.24) is 4.90 Å². The minimum absolute atomic E-state index is 0.100. The van der Waals surface area contributed by atoms with Gasteiger partial charge in [-0.05, 0) is 12.8 Å². The van der Waals surface area contributed by atoms with E-state index < -0.39 is 0 Å². The summed E-state index contributed by atoms with van der Waals surface area (Å²) in [6, 6.07) is 0.174. The van der Waals surface area contributed by atoms with Crippen molar-refractivity contribution in [3.05, 3.63) is 0 Å². The summed E-state index contributed by atoms with van der Waals surface area (Å²) < 4.78 is 0. The fraction of sp³-hybridized carbons (Fsp3) is 0.857. The van der Waals surface area contributed by atoms with Crippen molar-refractivity contribution in [2.75, 3.05) is 18.8 Å². The third kappa shape index (κ3) is 2.38. The van der Waals surface area contributed by atoms with E-state index in [-0.39, 0.29) is 11.9 Å². The SMILES string of the molecule is NC1CCCN(C(=O)CS)C1. The Kier molecular flexibility index (Phi) is 3.20.